The molecule has 1 aromatic heterocycles. The summed E-state index contributed by atoms with van der Waals surface area (Å²) in [7, 11) is 1.62. The Morgan fingerprint density at radius 3 is 2.65 bits per heavy atom. The number of nitrogens with one attached hydrogen (secondary N) is 1. The van der Waals surface area contributed by atoms with E-state index in [-0.39, 0.29) is 24.9 Å². The van der Waals surface area contributed by atoms with Crippen LogP contribution in [0.5, 0.6) is 0 Å². The maximum absolute atomic E-state index is 14.2. The molecule has 0 aromatic carbocycles. The van der Waals surface area contributed by atoms with Gasteiger partial charge in [0, 0.05) is 19.7 Å². The SMILES string of the molecule is CC.CNc1ccn(C2CC(COC(C)C)CC2(F)F)c(=O)n1. The molecule has 0 spiro atoms. The van der Waals surface area contributed by atoms with Crippen LogP contribution in [0.3, 0.4) is 0 Å². The van der Waals surface area contributed by atoms with Crippen molar-refractivity contribution in [3.05, 3.63) is 22.7 Å². The lowest BCUT2D eigenvalue weighted by Crippen LogP contribution is -2.34. The summed E-state index contributed by atoms with van der Waals surface area (Å²) in [6, 6.07) is 0.374. The molecule has 1 aliphatic rings. The number of nitrogens with zero attached hydrogens (tertiary/aromatic N) is 2. The average molecular weight is 331 g/mol. The van der Waals surface area contributed by atoms with Gasteiger partial charge in [-0.2, -0.15) is 4.98 Å². The number of alkyl halides is 2. The Morgan fingerprint density at radius 1 is 1.48 bits per heavy atom. The van der Waals surface area contributed by atoms with Gasteiger partial charge in [0.1, 0.15) is 11.9 Å². The molecular formula is C16H27F2N3O2. The summed E-state index contributed by atoms with van der Waals surface area (Å²) in [5, 5.41) is 2.72. The standard InChI is InChI=1S/C14H21F2N3O2.C2H6/c1-9(2)21-8-10-6-11(14(15,16)7-10)19-5-4-12(17-3)18-13(19)20;1-2/h4-5,9-11H,6-8H2,1-3H3,(H,17,18,20);1-2H3. The number of anilines is 1. The molecule has 1 fully saturated rings. The summed E-state index contributed by atoms with van der Waals surface area (Å²) in [5.74, 6) is -2.79. The van der Waals surface area contributed by atoms with Crippen molar-refractivity contribution in [2.24, 2.45) is 5.92 Å². The average Bonchev–Trinajstić information content (AvgIpc) is 2.81. The normalized spacial score (nSPS) is 22.6. The fourth-order valence-electron chi connectivity index (χ4n) is 2.65. The van der Waals surface area contributed by atoms with Gasteiger partial charge in [-0.1, -0.05) is 13.8 Å². The third-order valence-electron chi connectivity index (χ3n) is 3.69. The summed E-state index contributed by atoms with van der Waals surface area (Å²) < 4.78 is 34.8. The van der Waals surface area contributed by atoms with Crippen LogP contribution in [0.4, 0.5) is 14.6 Å². The molecule has 2 atom stereocenters. The number of aromatic nitrogens is 2. The van der Waals surface area contributed by atoms with Gasteiger partial charge in [-0.05, 0) is 32.3 Å². The van der Waals surface area contributed by atoms with Gasteiger partial charge in [-0.3, -0.25) is 4.57 Å². The lowest BCUT2D eigenvalue weighted by Gasteiger charge is -2.20. The van der Waals surface area contributed by atoms with Gasteiger partial charge in [-0.15, -0.1) is 0 Å². The fraction of sp³-hybridized carbons (Fsp3) is 0.750. The highest BCUT2D eigenvalue weighted by molar-refractivity contribution is 5.30. The lowest BCUT2D eigenvalue weighted by molar-refractivity contribution is -0.0378. The molecule has 5 nitrogen and oxygen atoms in total. The largest absolute Gasteiger partial charge is 0.379 e. The predicted octanol–water partition coefficient (Wildman–Crippen LogP) is 3.32. The zero-order chi connectivity index (χ0) is 17.6. The zero-order valence-corrected chi connectivity index (χ0v) is 14.5. The molecule has 1 aliphatic carbocycles. The predicted molar refractivity (Wildman–Crippen MR) is 87.2 cm³/mol. The molecule has 0 aliphatic heterocycles. The van der Waals surface area contributed by atoms with E-state index in [2.05, 4.69) is 10.3 Å². The first kappa shape index (κ1) is 19.5. The van der Waals surface area contributed by atoms with E-state index in [4.69, 9.17) is 4.74 Å². The molecule has 132 valence electrons. The fourth-order valence-corrected chi connectivity index (χ4v) is 2.65. The second kappa shape index (κ2) is 8.38. The van der Waals surface area contributed by atoms with Crippen LogP contribution in [0.1, 0.15) is 46.6 Å². The van der Waals surface area contributed by atoms with E-state index in [0.29, 0.717) is 12.4 Å². The molecule has 1 N–H and O–H groups in total. The molecule has 1 aromatic rings. The van der Waals surface area contributed by atoms with Crippen molar-refractivity contribution < 1.29 is 13.5 Å². The maximum Gasteiger partial charge on any atom is 0.349 e. The van der Waals surface area contributed by atoms with E-state index in [1.807, 2.05) is 27.7 Å². The number of ether oxygens (including phenoxy) is 1. The first-order valence-electron chi connectivity index (χ1n) is 8.10. The van der Waals surface area contributed by atoms with Crippen molar-refractivity contribution in [3.63, 3.8) is 0 Å². The highest BCUT2D eigenvalue weighted by atomic mass is 19.3. The molecule has 0 radical (unpaired) electrons. The lowest BCUT2D eigenvalue weighted by atomic mass is 10.1. The van der Waals surface area contributed by atoms with Crippen LogP contribution in [0.15, 0.2) is 17.1 Å². The summed E-state index contributed by atoms with van der Waals surface area (Å²) in [5.41, 5.74) is -0.656. The highest BCUT2D eigenvalue weighted by Crippen LogP contribution is 2.46. The molecule has 0 amide bonds. The number of hydrogen-bond donors (Lipinski definition) is 1. The van der Waals surface area contributed by atoms with E-state index in [1.165, 1.54) is 12.3 Å². The van der Waals surface area contributed by atoms with Crippen LogP contribution in [0.2, 0.25) is 0 Å². The van der Waals surface area contributed by atoms with Crippen LogP contribution >= 0.6 is 0 Å². The van der Waals surface area contributed by atoms with Crippen molar-refractivity contribution in [3.8, 4) is 0 Å². The third-order valence-corrected chi connectivity index (χ3v) is 3.69. The van der Waals surface area contributed by atoms with Crippen molar-refractivity contribution >= 4 is 5.82 Å². The Kier molecular flexibility index (Phi) is 7.12. The summed E-state index contributed by atoms with van der Waals surface area (Å²) in [6.07, 6.45) is 1.35. The van der Waals surface area contributed by atoms with Gasteiger partial charge < -0.3 is 10.1 Å². The molecular weight excluding hydrogens is 304 g/mol. The second-order valence-electron chi connectivity index (χ2n) is 5.72. The molecule has 7 heteroatoms. The summed E-state index contributed by atoms with van der Waals surface area (Å²) >= 11 is 0. The summed E-state index contributed by atoms with van der Waals surface area (Å²) in [6.45, 7) is 8.03. The Balaban J connectivity index is 0.00000127. The van der Waals surface area contributed by atoms with Gasteiger partial charge in [0.25, 0.3) is 5.92 Å². The molecule has 0 bridgehead atoms. The maximum atomic E-state index is 14.2. The number of hydrogen-bond acceptors (Lipinski definition) is 4. The van der Waals surface area contributed by atoms with E-state index in [1.54, 1.807) is 7.05 Å². The van der Waals surface area contributed by atoms with Crippen LogP contribution < -0.4 is 11.0 Å². The van der Waals surface area contributed by atoms with Gasteiger partial charge in [0.05, 0.1) is 12.7 Å². The second-order valence-corrected chi connectivity index (χ2v) is 5.72. The topological polar surface area (TPSA) is 56.2 Å². The van der Waals surface area contributed by atoms with Crippen LogP contribution in [-0.4, -0.2) is 35.2 Å². The number of halogens is 2. The van der Waals surface area contributed by atoms with Crippen LogP contribution in [0, 0.1) is 5.92 Å². The number of rotatable bonds is 5. The van der Waals surface area contributed by atoms with Crippen molar-refractivity contribution in [1.82, 2.24) is 9.55 Å². The van der Waals surface area contributed by atoms with Crippen LogP contribution in [-0.2, 0) is 4.74 Å². The van der Waals surface area contributed by atoms with Crippen molar-refractivity contribution in [1.29, 1.82) is 0 Å². The minimum absolute atomic E-state index is 0.0111. The van der Waals surface area contributed by atoms with E-state index in [9.17, 15) is 13.6 Å². The van der Waals surface area contributed by atoms with Crippen molar-refractivity contribution in [2.75, 3.05) is 19.0 Å². The first-order valence-corrected chi connectivity index (χ1v) is 8.10. The molecule has 0 saturated heterocycles. The Bertz CT molecular complexity index is 546. The third kappa shape index (κ3) is 4.99. The molecule has 1 saturated carbocycles. The van der Waals surface area contributed by atoms with Crippen molar-refractivity contribution in [2.45, 2.75) is 58.6 Å². The van der Waals surface area contributed by atoms with Gasteiger partial charge in [0.2, 0.25) is 0 Å². The monoisotopic (exact) mass is 331 g/mol. The van der Waals surface area contributed by atoms with Gasteiger partial charge in [0.15, 0.2) is 0 Å². The van der Waals surface area contributed by atoms with Gasteiger partial charge in [-0.25, -0.2) is 13.6 Å². The van der Waals surface area contributed by atoms with E-state index < -0.39 is 17.7 Å². The van der Waals surface area contributed by atoms with E-state index >= 15 is 0 Å². The molecule has 1 heterocycles. The van der Waals surface area contributed by atoms with Gasteiger partial charge >= 0.3 is 5.69 Å². The van der Waals surface area contributed by atoms with E-state index in [0.717, 1.165) is 4.57 Å². The minimum atomic E-state index is -2.92. The zero-order valence-electron chi connectivity index (χ0n) is 14.5. The van der Waals surface area contributed by atoms with Crippen LogP contribution in [0.25, 0.3) is 0 Å². The molecule has 2 rings (SSSR count). The smallest absolute Gasteiger partial charge is 0.349 e. The Labute approximate surface area is 136 Å². The Morgan fingerprint density at radius 2 is 2.13 bits per heavy atom. The molecule has 2 unspecified atom stereocenters. The molecule has 23 heavy (non-hydrogen) atoms. The minimum Gasteiger partial charge on any atom is -0.379 e. The Hall–Kier alpha value is -1.50. The quantitative estimate of drug-likeness (QED) is 0.899. The highest BCUT2D eigenvalue weighted by Gasteiger charge is 2.50. The summed E-state index contributed by atoms with van der Waals surface area (Å²) in [4.78, 5) is 15.6. The first-order chi connectivity index (χ1) is 10.8.